The highest BCUT2D eigenvalue weighted by atomic mass is 79.9. The molecule has 0 bridgehead atoms. The van der Waals surface area contributed by atoms with Gasteiger partial charge in [-0.15, -0.1) is 0 Å². The van der Waals surface area contributed by atoms with E-state index in [2.05, 4.69) is 27.8 Å². The largest absolute Gasteiger partial charge is 0.493 e. The van der Waals surface area contributed by atoms with Crippen molar-refractivity contribution < 1.29 is 19.1 Å². The molecule has 0 unspecified atom stereocenters. The van der Waals surface area contributed by atoms with Crippen LogP contribution in [0.4, 0.5) is 10.5 Å². The second-order valence-corrected chi connectivity index (χ2v) is 7.87. The second-order valence-electron chi connectivity index (χ2n) is 5.96. The van der Waals surface area contributed by atoms with Crippen molar-refractivity contribution in [3.8, 4) is 11.5 Å². The van der Waals surface area contributed by atoms with Crippen molar-refractivity contribution in [1.82, 2.24) is 4.90 Å². The minimum atomic E-state index is -0.337. The lowest BCUT2D eigenvalue weighted by molar-refractivity contribution is -0.122. The molecule has 2 aromatic carbocycles. The molecule has 1 aliphatic rings. The highest BCUT2D eigenvalue weighted by Gasteiger charge is 2.34. The lowest BCUT2D eigenvalue weighted by Crippen LogP contribution is -2.33. The zero-order chi connectivity index (χ0) is 20.8. The Kier molecular flexibility index (Phi) is 7.00. The maximum Gasteiger partial charge on any atom is 0.295 e. The van der Waals surface area contributed by atoms with Crippen molar-refractivity contribution >= 4 is 50.6 Å². The summed E-state index contributed by atoms with van der Waals surface area (Å²) in [5, 5.41) is 2.77. The van der Waals surface area contributed by atoms with Gasteiger partial charge in [-0.1, -0.05) is 34.7 Å². The lowest BCUT2D eigenvalue weighted by Gasteiger charge is -2.14. The number of hydrogen-bond acceptors (Lipinski definition) is 6. The van der Waals surface area contributed by atoms with Gasteiger partial charge in [0.2, 0.25) is 0 Å². The van der Waals surface area contributed by atoms with Crippen LogP contribution in [0.25, 0.3) is 6.08 Å². The molecule has 0 aliphatic carbocycles. The molecule has 0 atom stereocenters. The normalized spacial score (nSPS) is 15.0. The molecule has 1 heterocycles. The van der Waals surface area contributed by atoms with Gasteiger partial charge in [-0.25, -0.2) is 0 Å². The number of imide groups is 1. The maximum absolute atomic E-state index is 12.7. The van der Waals surface area contributed by atoms with E-state index in [0.717, 1.165) is 27.5 Å². The minimum absolute atomic E-state index is 0.0985. The number of hydrogen-bond donors (Lipinski definition) is 1. The van der Waals surface area contributed by atoms with Crippen molar-refractivity contribution in [2.45, 2.75) is 0 Å². The summed E-state index contributed by atoms with van der Waals surface area (Å²) in [6.45, 7) is 4.08. The molecule has 0 aromatic heterocycles. The van der Waals surface area contributed by atoms with Crippen LogP contribution in [0.15, 0.2) is 64.5 Å². The van der Waals surface area contributed by atoms with Gasteiger partial charge in [0, 0.05) is 10.2 Å². The van der Waals surface area contributed by atoms with Crippen molar-refractivity contribution in [3.63, 3.8) is 0 Å². The number of methoxy groups -OCH3 is 1. The molecule has 0 radical (unpaired) electrons. The number of anilines is 1. The van der Waals surface area contributed by atoms with Crippen LogP contribution in [0.2, 0.25) is 0 Å². The first-order chi connectivity index (χ1) is 14.0. The van der Waals surface area contributed by atoms with Crippen LogP contribution in [0.1, 0.15) is 5.56 Å². The van der Waals surface area contributed by atoms with E-state index >= 15 is 0 Å². The maximum atomic E-state index is 12.7. The molecule has 150 valence electrons. The van der Waals surface area contributed by atoms with Gasteiger partial charge in [-0.05, 0) is 59.8 Å². The average Bonchev–Trinajstić information content (AvgIpc) is 2.99. The molecule has 3 rings (SSSR count). The van der Waals surface area contributed by atoms with Gasteiger partial charge >= 0.3 is 0 Å². The van der Waals surface area contributed by atoms with Gasteiger partial charge in [0.05, 0.1) is 18.7 Å². The van der Waals surface area contributed by atoms with E-state index < -0.39 is 0 Å². The van der Waals surface area contributed by atoms with E-state index in [1.54, 1.807) is 37.5 Å². The van der Waals surface area contributed by atoms with Crippen LogP contribution in [-0.2, 0) is 4.79 Å². The molecule has 6 nitrogen and oxygen atoms in total. The number of thioether (sulfide) groups is 1. The van der Waals surface area contributed by atoms with Gasteiger partial charge in [0.15, 0.2) is 11.5 Å². The summed E-state index contributed by atoms with van der Waals surface area (Å²) in [5.41, 5.74) is 1.55. The predicted octanol–water partition coefficient (Wildman–Crippen LogP) is 5.13. The highest BCUT2D eigenvalue weighted by Crippen LogP contribution is 2.34. The van der Waals surface area contributed by atoms with Crippen LogP contribution in [-0.4, -0.2) is 36.4 Å². The van der Waals surface area contributed by atoms with Gasteiger partial charge < -0.3 is 14.8 Å². The van der Waals surface area contributed by atoms with Gasteiger partial charge in [0.1, 0.15) is 6.61 Å². The van der Waals surface area contributed by atoms with Crippen LogP contribution >= 0.6 is 27.7 Å². The van der Waals surface area contributed by atoms with Crippen molar-refractivity contribution in [1.29, 1.82) is 0 Å². The fraction of sp³-hybridized carbons (Fsp3) is 0.143. The smallest absolute Gasteiger partial charge is 0.295 e. The first kappa shape index (κ1) is 21.0. The zero-order valence-corrected chi connectivity index (χ0v) is 18.1. The Morgan fingerprint density at radius 3 is 2.62 bits per heavy atom. The molecule has 1 N–H and O–H groups in total. The summed E-state index contributed by atoms with van der Waals surface area (Å²) in [6, 6.07) is 12.8. The number of rotatable bonds is 8. The molecule has 2 aromatic rings. The number of ether oxygens (including phenoxy) is 2. The second kappa shape index (κ2) is 9.67. The Balaban J connectivity index is 1.71. The van der Waals surface area contributed by atoms with E-state index in [9.17, 15) is 9.59 Å². The lowest BCUT2D eigenvalue weighted by atomic mass is 10.2. The first-order valence-corrected chi connectivity index (χ1v) is 10.3. The van der Waals surface area contributed by atoms with E-state index in [4.69, 9.17) is 9.47 Å². The number of carbonyl (C=O) groups excluding carboxylic acids is 2. The minimum Gasteiger partial charge on any atom is -0.493 e. The molecule has 1 fully saturated rings. The van der Waals surface area contributed by atoms with Crippen LogP contribution < -0.4 is 14.8 Å². The number of carbonyl (C=O) groups is 2. The number of benzene rings is 2. The summed E-state index contributed by atoms with van der Waals surface area (Å²) in [6.07, 6.45) is 3.32. The highest BCUT2D eigenvalue weighted by molar-refractivity contribution is 9.10. The SMILES string of the molecule is C=CCOc1ccc(C=C2SC(=O)N(CNc3ccc(Br)cc3)C2=O)cc1OC. The van der Waals surface area contributed by atoms with Gasteiger partial charge in [0.25, 0.3) is 11.1 Å². The Morgan fingerprint density at radius 2 is 1.93 bits per heavy atom. The quantitative estimate of drug-likeness (QED) is 0.422. The van der Waals surface area contributed by atoms with Crippen LogP contribution in [0.5, 0.6) is 11.5 Å². The number of halogens is 1. The molecule has 29 heavy (non-hydrogen) atoms. The summed E-state index contributed by atoms with van der Waals surface area (Å²) < 4.78 is 11.8. The third-order valence-corrected chi connectivity index (χ3v) is 5.44. The Morgan fingerprint density at radius 1 is 1.17 bits per heavy atom. The Bertz CT molecular complexity index is 960. The van der Waals surface area contributed by atoms with E-state index in [0.29, 0.717) is 23.0 Å². The molecule has 2 amide bonds. The Hall–Kier alpha value is -2.71. The average molecular weight is 475 g/mol. The predicted molar refractivity (Wildman–Crippen MR) is 119 cm³/mol. The van der Waals surface area contributed by atoms with E-state index in [-0.39, 0.29) is 17.8 Å². The van der Waals surface area contributed by atoms with E-state index in [1.807, 2.05) is 24.3 Å². The van der Waals surface area contributed by atoms with Crippen molar-refractivity contribution in [2.75, 3.05) is 25.7 Å². The first-order valence-electron chi connectivity index (χ1n) is 8.68. The van der Waals surface area contributed by atoms with Crippen molar-refractivity contribution in [2.24, 2.45) is 0 Å². The summed E-state index contributed by atoms with van der Waals surface area (Å²) in [7, 11) is 1.54. The molecule has 8 heteroatoms. The fourth-order valence-corrected chi connectivity index (χ4v) is 3.67. The molecule has 0 spiro atoms. The molecular formula is C21H19BrN2O4S. The van der Waals surface area contributed by atoms with Gasteiger partial charge in [-0.2, -0.15) is 0 Å². The number of nitrogens with one attached hydrogen (secondary N) is 1. The molecule has 1 aliphatic heterocycles. The molecular weight excluding hydrogens is 456 g/mol. The fourth-order valence-electron chi connectivity index (χ4n) is 2.57. The van der Waals surface area contributed by atoms with Crippen LogP contribution in [0.3, 0.4) is 0 Å². The third kappa shape index (κ3) is 5.21. The monoisotopic (exact) mass is 474 g/mol. The molecule has 0 saturated carbocycles. The third-order valence-electron chi connectivity index (χ3n) is 4.00. The summed E-state index contributed by atoms with van der Waals surface area (Å²) in [5.74, 6) is 0.781. The van der Waals surface area contributed by atoms with Crippen molar-refractivity contribution in [3.05, 3.63) is 70.1 Å². The van der Waals surface area contributed by atoms with E-state index in [1.165, 1.54) is 4.90 Å². The Labute approximate surface area is 181 Å². The number of amides is 2. The van der Waals surface area contributed by atoms with Gasteiger partial charge in [-0.3, -0.25) is 14.5 Å². The van der Waals surface area contributed by atoms with Crippen LogP contribution in [0, 0.1) is 0 Å². The molecule has 1 saturated heterocycles. The summed E-state index contributed by atoms with van der Waals surface area (Å²) in [4.78, 5) is 26.5. The standard InChI is InChI=1S/C21H19BrN2O4S/c1-3-10-28-17-9-4-14(11-18(17)27-2)12-19-20(25)24(21(26)29-19)13-23-16-7-5-15(22)6-8-16/h3-9,11-12,23H,1,10,13H2,2H3. The zero-order valence-electron chi connectivity index (χ0n) is 15.7. The number of nitrogens with zero attached hydrogens (tertiary/aromatic N) is 1. The summed E-state index contributed by atoms with van der Waals surface area (Å²) >= 11 is 4.28. The topological polar surface area (TPSA) is 67.9 Å².